The Hall–Kier alpha value is -0.530. The van der Waals surface area contributed by atoms with Crippen LogP contribution in [0.25, 0.3) is 0 Å². The maximum absolute atomic E-state index is 9.13. The van der Waals surface area contributed by atoms with Crippen LogP contribution in [0.1, 0.15) is 54.4 Å². The van der Waals surface area contributed by atoms with E-state index in [-0.39, 0.29) is 5.41 Å². The van der Waals surface area contributed by atoms with Gasteiger partial charge in [0.2, 0.25) is 0 Å². The third-order valence-electron chi connectivity index (χ3n) is 3.58. The third kappa shape index (κ3) is 2.73. The second-order valence-corrected chi connectivity index (χ2v) is 4.88. The van der Waals surface area contributed by atoms with Crippen molar-refractivity contribution in [2.24, 2.45) is 22.4 Å². The van der Waals surface area contributed by atoms with Crippen LogP contribution in [0, 0.1) is 17.3 Å². The van der Waals surface area contributed by atoms with Crippen molar-refractivity contribution in [2.75, 3.05) is 0 Å². The summed E-state index contributed by atoms with van der Waals surface area (Å²) in [6, 6.07) is 0. The Kier molecular flexibility index (Phi) is 5.17. The lowest BCUT2D eigenvalue weighted by Crippen LogP contribution is -2.35. The van der Waals surface area contributed by atoms with E-state index >= 15 is 0 Å². The molecule has 0 rings (SSSR count). The standard InChI is InChI=1S/C12H25NO/c1-7-10(8-2)11(13-14)12(5,6)9(3)4/h9-10,14H,7-8H2,1-6H3/b13-11+. The molecular weight excluding hydrogens is 174 g/mol. The first-order chi connectivity index (χ1) is 6.41. The van der Waals surface area contributed by atoms with Crippen LogP contribution in [-0.2, 0) is 0 Å². The predicted octanol–water partition coefficient (Wildman–Crippen LogP) is 3.94. The lowest BCUT2D eigenvalue weighted by Gasteiger charge is -2.33. The van der Waals surface area contributed by atoms with Gasteiger partial charge in [0.1, 0.15) is 0 Å². The molecule has 2 heteroatoms. The van der Waals surface area contributed by atoms with Gasteiger partial charge in [0.25, 0.3) is 0 Å². The van der Waals surface area contributed by atoms with E-state index in [0.29, 0.717) is 11.8 Å². The van der Waals surface area contributed by atoms with Crippen LogP contribution in [0.5, 0.6) is 0 Å². The summed E-state index contributed by atoms with van der Waals surface area (Å²) in [6.07, 6.45) is 2.10. The van der Waals surface area contributed by atoms with E-state index < -0.39 is 0 Å². The minimum Gasteiger partial charge on any atom is -0.411 e. The lowest BCUT2D eigenvalue weighted by atomic mass is 9.71. The van der Waals surface area contributed by atoms with E-state index in [2.05, 4.69) is 46.7 Å². The molecular formula is C12H25NO. The predicted molar refractivity (Wildman–Crippen MR) is 61.9 cm³/mol. The lowest BCUT2D eigenvalue weighted by molar-refractivity contribution is 0.279. The molecule has 0 aliphatic heterocycles. The highest BCUT2D eigenvalue weighted by molar-refractivity contribution is 5.91. The van der Waals surface area contributed by atoms with E-state index in [1.54, 1.807) is 0 Å². The molecule has 0 aromatic heterocycles. The molecule has 0 heterocycles. The highest BCUT2D eigenvalue weighted by Gasteiger charge is 2.33. The van der Waals surface area contributed by atoms with Crippen molar-refractivity contribution in [1.29, 1.82) is 0 Å². The average molecular weight is 199 g/mol. The van der Waals surface area contributed by atoms with Gasteiger partial charge in [-0.15, -0.1) is 0 Å². The van der Waals surface area contributed by atoms with Gasteiger partial charge in [-0.2, -0.15) is 0 Å². The Labute approximate surface area is 88.4 Å². The molecule has 14 heavy (non-hydrogen) atoms. The number of nitrogens with zero attached hydrogens (tertiary/aromatic N) is 1. The minimum absolute atomic E-state index is 0.00850. The Morgan fingerprint density at radius 2 is 1.64 bits per heavy atom. The summed E-state index contributed by atoms with van der Waals surface area (Å²) < 4.78 is 0. The molecule has 0 saturated carbocycles. The van der Waals surface area contributed by atoms with Gasteiger partial charge in [-0.25, -0.2) is 0 Å². The van der Waals surface area contributed by atoms with Crippen molar-refractivity contribution >= 4 is 5.71 Å². The molecule has 0 spiro atoms. The Morgan fingerprint density at radius 1 is 1.21 bits per heavy atom. The topological polar surface area (TPSA) is 32.6 Å². The third-order valence-corrected chi connectivity index (χ3v) is 3.58. The second kappa shape index (κ2) is 5.38. The summed E-state index contributed by atoms with van der Waals surface area (Å²) in [5.41, 5.74) is 0.948. The van der Waals surface area contributed by atoms with Gasteiger partial charge in [0.05, 0.1) is 5.71 Å². The second-order valence-electron chi connectivity index (χ2n) is 4.88. The number of hydrogen-bond donors (Lipinski definition) is 1. The summed E-state index contributed by atoms with van der Waals surface area (Å²) in [5, 5.41) is 12.7. The van der Waals surface area contributed by atoms with Crippen molar-refractivity contribution < 1.29 is 5.21 Å². The van der Waals surface area contributed by atoms with Gasteiger partial charge < -0.3 is 5.21 Å². The highest BCUT2D eigenvalue weighted by Crippen LogP contribution is 2.33. The van der Waals surface area contributed by atoms with Gasteiger partial charge in [-0.1, -0.05) is 46.7 Å². The molecule has 1 N–H and O–H groups in total. The molecule has 0 aliphatic carbocycles. The zero-order valence-corrected chi connectivity index (χ0v) is 10.5. The molecule has 84 valence electrons. The fraction of sp³-hybridized carbons (Fsp3) is 0.917. The van der Waals surface area contributed by atoms with E-state index in [0.717, 1.165) is 18.6 Å². The van der Waals surface area contributed by atoms with Gasteiger partial charge in [-0.3, -0.25) is 0 Å². The largest absolute Gasteiger partial charge is 0.411 e. The van der Waals surface area contributed by atoms with Crippen LogP contribution in [-0.4, -0.2) is 10.9 Å². The molecule has 0 aliphatic rings. The van der Waals surface area contributed by atoms with Gasteiger partial charge in [-0.05, 0) is 18.8 Å². The first kappa shape index (κ1) is 13.5. The quantitative estimate of drug-likeness (QED) is 0.406. The van der Waals surface area contributed by atoms with E-state index in [9.17, 15) is 0 Å². The first-order valence-corrected chi connectivity index (χ1v) is 5.64. The smallest absolute Gasteiger partial charge is 0.0659 e. The SMILES string of the molecule is CCC(CC)/C(=N\O)C(C)(C)C(C)C. The van der Waals surface area contributed by atoms with Crippen LogP contribution >= 0.6 is 0 Å². The first-order valence-electron chi connectivity index (χ1n) is 5.64. The average Bonchev–Trinajstić information content (AvgIpc) is 2.13. The molecule has 0 saturated heterocycles. The van der Waals surface area contributed by atoms with Gasteiger partial charge in [0, 0.05) is 11.3 Å². The number of oxime groups is 1. The Bertz CT molecular complexity index is 190. The highest BCUT2D eigenvalue weighted by atomic mass is 16.4. The molecule has 0 aromatic rings. The minimum atomic E-state index is -0.00850. The van der Waals surface area contributed by atoms with Crippen molar-refractivity contribution in [3.8, 4) is 0 Å². The maximum Gasteiger partial charge on any atom is 0.0659 e. The fourth-order valence-corrected chi connectivity index (χ4v) is 1.71. The van der Waals surface area contributed by atoms with E-state index in [1.807, 2.05) is 0 Å². The van der Waals surface area contributed by atoms with Crippen LogP contribution < -0.4 is 0 Å². The molecule has 0 atom stereocenters. The summed E-state index contributed by atoms with van der Waals surface area (Å²) >= 11 is 0. The summed E-state index contributed by atoms with van der Waals surface area (Å²) in [5.74, 6) is 0.909. The van der Waals surface area contributed by atoms with Gasteiger partial charge in [0.15, 0.2) is 0 Å². The van der Waals surface area contributed by atoms with Crippen molar-refractivity contribution in [3.05, 3.63) is 0 Å². The van der Waals surface area contributed by atoms with Crippen LogP contribution in [0.15, 0.2) is 5.16 Å². The fourth-order valence-electron chi connectivity index (χ4n) is 1.71. The summed E-state index contributed by atoms with van der Waals surface area (Å²) in [7, 11) is 0. The monoisotopic (exact) mass is 199 g/mol. The zero-order chi connectivity index (χ0) is 11.4. The molecule has 0 fully saturated rings. The number of rotatable bonds is 5. The zero-order valence-electron chi connectivity index (χ0n) is 10.5. The van der Waals surface area contributed by atoms with Crippen LogP contribution in [0.2, 0.25) is 0 Å². The van der Waals surface area contributed by atoms with Crippen molar-refractivity contribution in [2.45, 2.75) is 54.4 Å². The van der Waals surface area contributed by atoms with Crippen LogP contribution in [0.3, 0.4) is 0 Å². The molecule has 2 nitrogen and oxygen atoms in total. The molecule has 0 bridgehead atoms. The summed E-state index contributed by atoms with van der Waals surface area (Å²) in [4.78, 5) is 0. The van der Waals surface area contributed by atoms with E-state index in [4.69, 9.17) is 5.21 Å². The summed E-state index contributed by atoms with van der Waals surface area (Å²) in [6.45, 7) is 13.0. The molecule has 0 amide bonds. The van der Waals surface area contributed by atoms with Crippen molar-refractivity contribution in [1.82, 2.24) is 0 Å². The molecule has 0 unspecified atom stereocenters. The normalized spacial score (nSPS) is 14.1. The Balaban J connectivity index is 4.89. The van der Waals surface area contributed by atoms with Gasteiger partial charge >= 0.3 is 0 Å². The molecule has 0 aromatic carbocycles. The van der Waals surface area contributed by atoms with E-state index in [1.165, 1.54) is 0 Å². The Morgan fingerprint density at radius 3 is 1.86 bits per heavy atom. The molecule has 0 radical (unpaired) electrons. The number of hydrogen-bond acceptors (Lipinski definition) is 2. The maximum atomic E-state index is 9.13. The van der Waals surface area contributed by atoms with Crippen molar-refractivity contribution in [3.63, 3.8) is 0 Å². The van der Waals surface area contributed by atoms with Crippen LogP contribution in [0.4, 0.5) is 0 Å².